The zero-order valence-electron chi connectivity index (χ0n) is 16.0. The Hall–Kier alpha value is 0.426. The molecule has 0 atom stereocenters. The van der Waals surface area contributed by atoms with Crippen molar-refractivity contribution in [3.05, 3.63) is 0 Å². The molecule has 0 aromatic rings. The van der Waals surface area contributed by atoms with Crippen LogP contribution in [0.3, 0.4) is 0 Å². The molecule has 0 unspecified atom stereocenters. The molecule has 0 fully saturated rings. The van der Waals surface area contributed by atoms with E-state index in [4.69, 9.17) is 10.2 Å². The summed E-state index contributed by atoms with van der Waals surface area (Å²) in [6.07, 6.45) is 20.8. The average molecular weight is 376 g/mol. The van der Waals surface area contributed by atoms with Crippen LogP contribution in [0, 0.1) is 0 Å². The van der Waals surface area contributed by atoms with Crippen molar-refractivity contribution in [2.45, 2.75) is 117 Å². The van der Waals surface area contributed by atoms with Gasteiger partial charge in [-0.1, -0.05) is 104 Å². The van der Waals surface area contributed by atoms with Crippen LogP contribution in [-0.2, 0) is 16.8 Å². The van der Waals surface area contributed by atoms with Crippen LogP contribution in [-0.4, -0.2) is 23.4 Å². The molecule has 0 aromatic heterocycles. The minimum Gasteiger partial charge on any atom is -0.396 e. The van der Waals surface area contributed by atoms with Gasteiger partial charge in [0.05, 0.1) is 0 Å². The Bertz CT molecular complexity index is 132. The number of rotatable bonds is 16. The van der Waals surface area contributed by atoms with Gasteiger partial charge in [-0.15, -0.1) is 0 Å². The van der Waals surface area contributed by atoms with Crippen LogP contribution in [0.2, 0.25) is 0 Å². The predicted molar refractivity (Wildman–Crippen MR) is 99.4 cm³/mol. The van der Waals surface area contributed by atoms with E-state index < -0.39 is 0 Å². The van der Waals surface area contributed by atoms with Crippen LogP contribution in [0.1, 0.15) is 117 Å². The summed E-state index contributed by atoms with van der Waals surface area (Å²) < 4.78 is 0. The van der Waals surface area contributed by atoms with Gasteiger partial charge in [0.1, 0.15) is 0 Å². The van der Waals surface area contributed by atoms with Crippen molar-refractivity contribution >= 4 is 0 Å². The van der Waals surface area contributed by atoms with Gasteiger partial charge in [-0.2, -0.15) is 0 Å². The maximum atomic E-state index is 8.51. The molecular weight excluding hydrogens is 331 g/mol. The van der Waals surface area contributed by atoms with Crippen molar-refractivity contribution < 1.29 is 27.0 Å². The Labute approximate surface area is 157 Å². The molecule has 2 nitrogen and oxygen atoms in total. The number of hydrogen-bond donors (Lipinski definition) is 2. The third-order valence-corrected chi connectivity index (χ3v) is 4.02. The van der Waals surface area contributed by atoms with E-state index in [1.54, 1.807) is 0 Å². The second-order valence-corrected chi connectivity index (χ2v) is 6.40. The fourth-order valence-corrected chi connectivity index (χ4v) is 2.49. The van der Waals surface area contributed by atoms with Gasteiger partial charge >= 0.3 is 0 Å². The van der Waals surface area contributed by atoms with Crippen molar-refractivity contribution in [3.63, 3.8) is 0 Å². The molecule has 0 saturated heterocycles. The first-order chi connectivity index (χ1) is 10.8. The fraction of sp³-hybridized carbons (Fsp3) is 1.00. The molecule has 1 radical (unpaired) electrons. The molecule has 0 spiro atoms. The van der Waals surface area contributed by atoms with Crippen LogP contribution in [0.15, 0.2) is 0 Å². The number of aliphatic hydroxyl groups excluding tert-OH is 2. The van der Waals surface area contributed by atoms with Crippen molar-refractivity contribution in [2.24, 2.45) is 0 Å². The van der Waals surface area contributed by atoms with E-state index in [0.717, 1.165) is 12.8 Å². The summed E-state index contributed by atoms with van der Waals surface area (Å²) in [7, 11) is 0. The van der Waals surface area contributed by atoms with Crippen LogP contribution in [0.4, 0.5) is 0 Å². The van der Waals surface area contributed by atoms with Gasteiger partial charge in [-0.25, -0.2) is 0 Å². The number of hydrogen-bond acceptors (Lipinski definition) is 2. The number of aliphatic hydroxyl groups is 2. The minimum atomic E-state index is 0. The van der Waals surface area contributed by atoms with Crippen LogP contribution in [0.5, 0.6) is 0 Å². The first-order valence-corrected chi connectivity index (χ1v) is 10.0. The summed E-state index contributed by atoms with van der Waals surface area (Å²) in [6, 6.07) is 0. The number of unbranched alkanes of at least 4 members (excludes halogenated alkanes) is 14. The zero-order valence-corrected chi connectivity index (χ0v) is 17.0. The summed E-state index contributed by atoms with van der Waals surface area (Å²) in [6.45, 7) is 5.22. The molecule has 0 heterocycles. The van der Waals surface area contributed by atoms with Crippen LogP contribution >= 0.6 is 0 Å². The summed E-state index contributed by atoms with van der Waals surface area (Å²) in [4.78, 5) is 0. The Morgan fingerprint density at radius 1 is 0.391 bits per heavy atom. The molecule has 0 bridgehead atoms. The normalized spacial score (nSPS) is 9.91. The van der Waals surface area contributed by atoms with Gasteiger partial charge in [0.2, 0.25) is 0 Å². The zero-order chi connectivity index (χ0) is 16.7. The minimum absolute atomic E-state index is 0. The summed E-state index contributed by atoms with van der Waals surface area (Å²) >= 11 is 0. The molecule has 0 aliphatic carbocycles. The molecular formula is C20H44CoO2. The van der Waals surface area contributed by atoms with Crippen LogP contribution < -0.4 is 0 Å². The molecule has 23 heavy (non-hydrogen) atoms. The molecule has 0 amide bonds. The largest absolute Gasteiger partial charge is 0.396 e. The van der Waals surface area contributed by atoms with E-state index in [1.807, 2.05) is 0 Å². The monoisotopic (exact) mass is 375 g/mol. The van der Waals surface area contributed by atoms with Crippen molar-refractivity contribution in [3.8, 4) is 0 Å². The van der Waals surface area contributed by atoms with Crippen LogP contribution in [0.25, 0.3) is 0 Å². The molecule has 145 valence electrons. The molecule has 0 aliphatic rings. The van der Waals surface area contributed by atoms with Crippen molar-refractivity contribution in [2.75, 3.05) is 13.2 Å². The standard InChI is InChI=1S/2C10H22O.Co/c2*1-2-3-4-5-6-7-8-9-10-11;/h2*11H,2-10H2,1H3;. The van der Waals surface area contributed by atoms with Gasteiger partial charge in [0, 0.05) is 30.0 Å². The first kappa shape index (κ1) is 28.2. The maximum absolute atomic E-state index is 8.51. The van der Waals surface area contributed by atoms with E-state index >= 15 is 0 Å². The van der Waals surface area contributed by atoms with Gasteiger partial charge < -0.3 is 10.2 Å². The first-order valence-electron chi connectivity index (χ1n) is 10.0. The second kappa shape index (κ2) is 30.3. The molecule has 2 N–H and O–H groups in total. The van der Waals surface area contributed by atoms with Gasteiger partial charge in [-0.05, 0) is 12.8 Å². The van der Waals surface area contributed by atoms with Gasteiger partial charge in [-0.3, -0.25) is 0 Å². The second-order valence-electron chi connectivity index (χ2n) is 6.40. The molecule has 0 rings (SSSR count). The van der Waals surface area contributed by atoms with E-state index in [9.17, 15) is 0 Å². The van der Waals surface area contributed by atoms with E-state index in [0.29, 0.717) is 13.2 Å². The summed E-state index contributed by atoms with van der Waals surface area (Å²) in [5.74, 6) is 0. The maximum Gasteiger partial charge on any atom is 0.0431 e. The van der Waals surface area contributed by atoms with Gasteiger partial charge in [0.25, 0.3) is 0 Å². The van der Waals surface area contributed by atoms with Crippen molar-refractivity contribution in [1.82, 2.24) is 0 Å². The Morgan fingerprint density at radius 2 is 0.609 bits per heavy atom. The third-order valence-electron chi connectivity index (χ3n) is 4.02. The molecule has 3 heteroatoms. The quantitative estimate of drug-likeness (QED) is 0.314. The van der Waals surface area contributed by atoms with E-state index in [2.05, 4.69) is 13.8 Å². The van der Waals surface area contributed by atoms with Crippen molar-refractivity contribution in [1.29, 1.82) is 0 Å². The van der Waals surface area contributed by atoms with Gasteiger partial charge in [0.15, 0.2) is 0 Å². The SMILES string of the molecule is CCCCCCCCCCO.CCCCCCCCCCO.[Co]. The predicted octanol–water partition coefficient (Wildman–Crippen LogP) is 6.24. The molecule has 0 saturated carbocycles. The topological polar surface area (TPSA) is 40.5 Å². The molecule has 0 aromatic carbocycles. The summed E-state index contributed by atoms with van der Waals surface area (Å²) in [5.41, 5.74) is 0. The Kier molecular flexibility index (Phi) is 37.2. The Morgan fingerprint density at radius 3 is 0.826 bits per heavy atom. The fourth-order valence-electron chi connectivity index (χ4n) is 2.49. The average Bonchev–Trinajstić information content (AvgIpc) is 2.54. The van der Waals surface area contributed by atoms with E-state index in [-0.39, 0.29) is 16.8 Å². The smallest absolute Gasteiger partial charge is 0.0431 e. The summed E-state index contributed by atoms with van der Waals surface area (Å²) in [5, 5.41) is 17.0. The third kappa shape index (κ3) is 34.7. The Balaban J connectivity index is -0.000000333. The van der Waals surface area contributed by atoms with E-state index in [1.165, 1.54) is 89.9 Å². The molecule has 0 aliphatic heterocycles.